The highest BCUT2D eigenvalue weighted by Gasteiger charge is 2.34. The number of ether oxygens (including phenoxy) is 1. The average Bonchev–Trinajstić information content (AvgIpc) is 3.07. The van der Waals surface area contributed by atoms with Gasteiger partial charge in [0.2, 0.25) is 5.88 Å². The number of hydrogen-bond donors (Lipinski definition) is 1. The molecule has 2 aliphatic heterocycles. The van der Waals surface area contributed by atoms with Crippen molar-refractivity contribution in [3.05, 3.63) is 52.2 Å². The number of carbonyl (C=O) groups is 2. The van der Waals surface area contributed by atoms with Crippen molar-refractivity contribution in [3.63, 3.8) is 0 Å². The van der Waals surface area contributed by atoms with Crippen LogP contribution in [-0.2, 0) is 14.3 Å². The molecule has 2 saturated heterocycles. The Bertz CT molecular complexity index is 967. The summed E-state index contributed by atoms with van der Waals surface area (Å²) in [7, 11) is 0. The molecule has 3 heterocycles. The van der Waals surface area contributed by atoms with Gasteiger partial charge >= 0.3 is 0 Å². The second-order valence-electron chi connectivity index (χ2n) is 6.19. The average molecular weight is 462 g/mol. The van der Waals surface area contributed by atoms with Gasteiger partial charge in [0.15, 0.2) is 5.11 Å². The molecule has 7 nitrogen and oxygen atoms in total. The summed E-state index contributed by atoms with van der Waals surface area (Å²) in [4.78, 5) is 28.7. The number of halogens is 1. The van der Waals surface area contributed by atoms with E-state index < -0.39 is 11.8 Å². The topological polar surface area (TPSA) is 75.0 Å². The SMILES string of the molecule is O=C1NC(=S)N(c2ccccc2)C(=O)/C1=C\c1cc(Br)c(N2CCOCC2)o1. The van der Waals surface area contributed by atoms with Gasteiger partial charge in [0.05, 0.1) is 23.4 Å². The van der Waals surface area contributed by atoms with E-state index in [4.69, 9.17) is 21.4 Å². The summed E-state index contributed by atoms with van der Waals surface area (Å²) in [6.45, 7) is 2.65. The second kappa shape index (κ2) is 7.86. The maximum absolute atomic E-state index is 13.0. The van der Waals surface area contributed by atoms with E-state index in [9.17, 15) is 9.59 Å². The number of anilines is 2. The number of nitrogens with zero attached hydrogens (tertiary/aromatic N) is 2. The fourth-order valence-corrected chi connectivity index (χ4v) is 3.88. The number of furan rings is 1. The van der Waals surface area contributed by atoms with Gasteiger partial charge in [0.25, 0.3) is 11.8 Å². The van der Waals surface area contributed by atoms with E-state index in [2.05, 4.69) is 21.2 Å². The molecule has 0 atom stereocenters. The van der Waals surface area contributed by atoms with Gasteiger partial charge in [-0.15, -0.1) is 0 Å². The van der Waals surface area contributed by atoms with Crippen molar-refractivity contribution >= 4 is 62.7 Å². The molecule has 0 unspecified atom stereocenters. The molecule has 4 rings (SSSR count). The van der Waals surface area contributed by atoms with Gasteiger partial charge in [-0.2, -0.15) is 0 Å². The molecule has 0 spiro atoms. The van der Waals surface area contributed by atoms with Crippen LogP contribution in [0.4, 0.5) is 11.6 Å². The summed E-state index contributed by atoms with van der Waals surface area (Å²) in [5.74, 6) is -0.00929. The minimum absolute atomic E-state index is 0.0489. The van der Waals surface area contributed by atoms with Crippen LogP contribution in [0.15, 0.2) is 50.9 Å². The Balaban J connectivity index is 1.65. The van der Waals surface area contributed by atoms with Crippen LogP contribution in [0.25, 0.3) is 6.08 Å². The number of amides is 2. The van der Waals surface area contributed by atoms with Crippen molar-refractivity contribution in [3.8, 4) is 0 Å². The lowest BCUT2D eigenvalue weighted by Gasteiger charge is -2.28. The van der Waals surface area contributed by atoms with Gasteiger partial charge in [-0.25, -0.2) is 0 Å². The zero-order chi connectivity index (χ0) is 19.7. The number of para-hydroxylation sites is 1. The van der Waals surface area contributed by atoms with E-state index in [0.717, 1.165) is 4.47 Å². The van der Waals surface area contributed by atoms with Crippen LogP contribution in [-0.4, -0.2) is 43.2 Å². The van der Waals surface area contributed by atoms with Crippen LogP contribution >= 0.6 is 28.1 Å². The fourth-order valence-electron chi connectivity index (χ4n) is 3.04. The van der Waals surface area contributed by atoms with E-state index >= 15 is 0 Å². The Hall–Kier alpha value is -2.49. The molecule has 2 aliphatic rings. The number of benzene rings is 1. The zero-order valence-electron chi connectivity index (χ0n) is 14.7. The lowest BCUT2D eigenvalue weighted by molar-refractivity contribution is -0.122. The number of nitrogens with one attached hydrogen (secondary N) is 1. The van der Waals surface area contributed by atoms with Crippen LogP contribution in [0.1, 0.15) is 5.76 Å². The lowest BCUT2D eigenvalue weighted by atomic mass is 10.1. The van der Waals surface area contributed by atoms with Crippen molar-refractivity contribution in [2.45, 2.75) is 0 Å². The lowest BCUT2D eigenvalue weighted by Crippen LogP contribution is -2.54. The summed E-state index contributed by atoms with van der Waals surface area (Å²) in [6.07, 6.45) is 1.43. The first-order chi connectivity index (χ1) is 13.5. The van der Waals surface area contributed by atoms with Crippen LogP contribution in [0.2, 0.25) is 0 Å². The van der Waals surface area contributed by atoms with Crippen molar-refractivity contribution in [2.24, 2.45) is 0 Å². The Labute approximate surface area is 175 Å². The van der Waals surface area contributed by atoms with Crippen molar-refractivity contribution in [1.82, 2.24) is 5.32 Å². The second-order valence-corrected chi connectivity index (χ2v) is 7.44. The molecule has 9 heteroatoms. The van der Waals surface area contributed by atoms with Crippen LogP contribution in [0.5, 0.6) is 0 Å². The van der Waals surface area contributed by atoms with E-state index in [1.165, 1.54) is 11.0 Å². The molecule has 0 bridgehead atoms. The largest absolute Gasteiger partial charge is 0.440 e. The number of carbonyl (C=O) groups excluding carboxylic acids is 2. The first kappa shape index (κ1) is 18.9. The summed E-state index contributed by atoms with van der Waals surface area (Å²) >= 11 is 8.67. The monoisotopic (exact) mass is 461 g/mol. The van der Waals surface area contributed by atoms with Gasteiger partial charge < -0.3 is 14.1 Å². The standard InChI is InChI=1S/C19H16BrN3O4S/c20-15-11-13(27-18(15)22-6-8-26-9-7-22)10-14-16(24)21-19(28)23(17(14)25)12-4-2-1-3-5-12/h1-5,10-11H,6-9H2,(H,21,24,28)/b14-10-. The predicted molar refractivity (Wildman–Crippen MR) is 112 cm³/mol. The Morgan fingerprint density at radius 1 is 1.14 bits per heavy atom. The Morgan fingerprint density at radius 2 is 1.86 bits per heavy atom. The van der Waals surface area contributed by atoms with Crippen molar-refractivity contribution in [1.29, 1.82) is 0 Å². The number of hydrogen-bond acceptors (Lipinski definition) is 6. The van der Waals surface area contributed by atoms with E-state index in [0.29, 0.717) is 43.6 Å². The van der Waals surface area contributed by atoms with Gasteiger partial charge in [-0.1, -0.05) is 18.2 Å². The molecule has 1 aromatic carbocycles. The van der Waals surface area contributed by atoms with E-state index in [-0.39, 0.29) is 10.7 Å². The highest BCUT2D eigenvalue weighted by atomic mass is 79.9. The number of rotatable bonds is 3. The number of morpholine rings is 1. The summed E-state index contributed by atoms with van der Waals surface area (Å²) in [5.41, 5.74) is 0.533. The minimum Gasteiger partial charge on any atom is -0.440 e. The molecule has 0 aliphatic carbocycles. The van der Waals surface area contributed by atoms with Gasteiger partial charge in [-0.05, 0) is 46.4 Å². The summed E-state index contributed by atoms with van der Waals surface area (Å²) in [6, 6.07) is 10.7. The van der Waals surface area contributed by atoms with Crippen LogP contribution < -0.4 is 15.1 Å². The molecule has 1 N–H and O–H groups in total. The molecular formula is C19H16BrN3O4S. The minimum atomic E-state index is -0.553. The molecule has 144 valence electrons. The third-order valence-electron chi connectivity index (χ3n) is 4.39. The summed E-state index contributed by atoms with van der Waals surface area (Å²) < 4.78 is 12.0. The highest BCUT2D eigenvalue weighted by Crippen LogP contribution is 2.32. The maximum Gasteiger partial charge on any atom is 0.270 e. The van der Waals surface area contributed by atoms with Gasteiger partial charge in [0, 0.05) is 19.2 Å². The number of thiocarbonyl (C=S) groups is 1. The third-order valence-corrected chi connectivity index (χ3v) is 5.24. The quantitative estimate of drug-likeness (QED) is 0.430. The first-order valence-corrected chi connectivity index (χ1v) is 9.83. The van der Waals surface area contributed by atoms with E-state index in [1.807, 2.05) is 11.0 Å². The molecule has 2 aromatic rings. The highest BCUT2D eigenvalue weighted by molar-refractivity contribution is 9.10. The van der Waals surface area contributed by atoms with Gasteiger partial charge in [0.1, 0.15) is 11.3 Å². The zero-order valence-corrected chi connectivity index (χ0v) is 17.1. The van der Waals surface area contributed by atoms with Crippen molar-refractivity contribution < 1.29 is 18.7 Å². The molecule has 2 fully saturated rings. The molecular weight excluding hydrogens is 446 g/mol. The van der Waals surface area contributed by atoms with Crippen molar-refractivity contribution in [2.75, 3.05) is 36.1 Å². The Morgan fingerprint density at radius 3 is 2.57 bits per heavy atom. The third kappa shape index (κ3) is 3.60. The fraction of sp³-hybridized carbons (Fsp3) is 0.211. The van der Waals surface area contributed by atoms with Crippen LogP contribution in [0, 0.1) is 0 Å². The normalized spacial score (nSPS) is 19.3. The predicted octanol–water partition coefficient (Wildman–Crippen LogP) is 2.71. The molecule has 28 heavy (non-hydrogen) atoms. The first-order valence-electron chi connectivity index (χ1n) is 8.63. The van der Waals surface area contributed by atoms with Crippen LogP contribution in [0.3, 0.4) is 0 Å². The Kier molecular flexibility index (Phi) is 5.29. The smallest absolute Gasteiger partial charge is 0.270 e. The molecule has 0 saturated carbocycles. The van der Waals surface area contributed by atoms with E-state index in [1.54, 1.807) is 30.3 Å². The molecule has 0 radical (unpaired) electrons. The maximum atomic E-state index is 13.0. The molecule has 1 aromatic heterocycles. The molecule has 2 amide bonds. The summed E-state index contributed by atoms with van der Waals surface area (Å²) in [5, 5.41) is 2.61. The van der Waals surface area contributed by atoms with Gasteiger partial charge in [-0.3, -0.25) is 19.8 Å².